The minimum atomic E-state index is -0.357. The molecular formula is C17H24N6O2. The Bertz CT molecular complexity index is 768. The molecule has 0 spiro atoms. The zero-order valence-electron chi connectivity index (χ0n) is 14.4. The SMILES string of the molecule is CCn1ncnc1CN1CCC[C@@H](CNC(=O)c2ccc[nH]c2=O)C1. The van der Waals surface area contributed by atoms with Gasteiger partial charge < -0.3 is 10.3 Å². The number of nitrogens with zero attached hydrogens (tertiary/aromatic N) is 4. The van der Waals surface area contributed by atoms with E-state index < -0.39 is 0 Å². The Morgan fingerprint density at radius 2 is 2.36 bits per heavy atom. The van der Waals surface area contributed by atoms with Gasteiger partial charge in [-0.25, -0.2) is 9.67 Å². The van der Waals surface area contributed by atoms with Gasteiger partial charge in [0.1, 0.15) is 17.7 Å². The van der Waals surface area contributed by atoms with Crippen LogP contribution in [0.15, 0.2) is 29.5 Å². The second kappa shape index (κ2) is 8.06. The number of aryl methyl sites for hydroxylation is 1. The molecule has 1 amide bonds. The number of likely N-dealkylation sites (tertiary alicyclic amines) is 1. The van der Waals surface area contributed by atoms with Gasteiger partial charge >= 0.3 is 0 Å². The molecule has 0 aromatic carbocycles. The number of hydrogen-bond acceptors (Lipinski definition) is 5. The molecule has 2 aromatic heterocycles. The van der Waals surface area contributed by atoms with Crippen LogP contribution in [0.2, 0.25) is 0 Å². The average Bonchev–Trinajstić information content (AvgIpc) is 3.07. The van der Waals surface area contributed by atoms with E-state index in [1.165, 1.54) is 6.20 Å². The van der Waals surface area contributed by atoms with Crippen molar-refractivity contribution in [1.29, 1.82) is 0 Å². The molecule has 134 valence electrons. The smallest absolute Gasteiger partial charge is 0.260 e. The molecule has 1 fully saturated rings. The van der Waals surface area contributed by atoms with Crippen LogP contribution in [0.3, 0.4) is 0 Å². The topological polar surface area (TPSA) is 95.9 Å². The molecule has 0 saturated carbocycles. The summed E-state index contributed by atoms with van der Waals surface area (Å²) in [5.74, 6) is 1.03. The van der Waals surface area contributed by atoms with Crippen LogP contribution in [0.4, 0.5) is 0 Å². The van der Waals surface area contributed by atoms with E-state index in [0.717, 1.165) is 44.8 Å². The van der Waals surface area contributed by atoms with Crippen LogP contribution in [-0.4, -0.2) is 50.2 Å². The number of rotatable bonds is 6. The summed E-state index contributed by atoms with van der Waals surface area (Å²) in [4.78, 5) is 33.0. The molecule has 0 unspecified atom stereocenters. The van der Waals surface area contributed by atoms with E-state index in [9.17, 15) is 9.59 Å². The van der Waals surface area contributed by atoms with Gasteiger partial charge in [0, 0.05) is 25.8 Å². The Morgan fingerprint density at radius 1 is 1.48 bits per heavy atom. The summed E-state index contributed by atoms with van der Waals surface area (Å²) in [7, 11) is 0. The van der Waals surface area contributed by atoms with E-state index in [0.29, 0.717) is 12.5 Å². The van der Waals surface area contributed by atoms with Crippen LogP contribution in [0.1, 0.15) is 35.9 Å². The fraction of sp³-hybridized carbons (Fsp3) is 0.529. The first-order chi connectivity index (χ1) is 12.2. The first-order valence-electron chi connectivity index (χ1n) is 8.72. The Hall–Kier alpha value is -2.48. The highest BCUT2D eigenvalue weighted by atomic mass is 16.2. The first kappa shape index (κ1) is 17.3. The van der Waals surface area contributed by atoms with Gasteiger partial charge in [0.2, 0.25) is 0 Å². The van der Waals surface area contributed by atoms with Gasteiger partial charge in [0.25, 0.3) is 11.5 Å². The molecule has 3 heterocycles. The molecule has 1 aliphatic heterocycles. The summed E-state index contributed by atoms with van der Waals surface area (Å²) >= 11 is 0. The van der Waals surface area contributed by atoms with Crippen molar-refractivity contribution < 1.29 is 4.79 Å². The maximum atomic E-state index is 12.2. The number of carbonyl (C=O) groups excluding carboxylic acids is 1. The van der Waals surface area contributed by atoms with E-state index in [2.05, 4.69) is 32.2 Å². The quantitative estimate of drug-likeness (QED) is 0.801. The number of piperidine rings is 1. The maximum absolute atomic E-state index is 12.2. The summed E-state index contributed by atoms with van der Waals surface area (Å²) in [5.41, 5.74) is -0.199. The van der Waals surface area contributed by atoms with E-state index >= 15 is 0 Å². The van der Waals surface area contributed by atoms with Crippen molar-refractivity contribution in [1.82, 2.24) is 30.0 Å². The van der Waals surface area contributed by atoms with Gasteiger partial charge in [-0.2, -0.15) is 5.10 Å². The monoisotopic (exact) mass is 344 g/mol. The van der Waals surface area contributed by atoms with Crippen LogP contribution in [0.25, 0.3) is 0 Å². The molecule has 0 radical (unpaired) electrons. The molecule has 1 atom stereocenters. The third kappa shape index (κ3) is 4.33. The van der Waals surface area contributed by atoms with Gasteiger partial charge in [-0.1, -0.05) is 0 Å². The lowest BCUT2D eigenvalue weighted by atomic mass is 9.98. The number of H-pyrrole nitrogens is 1. The molecule has 8 heteroatoms. The van der Waals surface area contributed by atoms with Crippen molar-refractivity contribution in [2.75, 3.05) is 19.6 Å². The zero-order valence-corrected chi connectivity index (χ0v) is 14.4. The van der Waals surface area contributed by atoms with Gasteiger partial charge in [-0.3, -0.25) is 14.5 Å². The Morgan fingerprint density at radius 3 is 3.16 bits per heavy atom. The Balaban J connectivity index is 1.53. The third-order valence-corrected chi connectivity index (χ3v) is 4.58. The standard InChI is InChI=1S/C17H24N6O2/c1-2-23-15(20-12-21-23)11-22-8-4-5-13(10-22)9-19-17(25)14-6-3-7-18-16(14)24/h3,6-7,12-13H,2,4-5,8-11H2,1H3,(H,18,24)(H,19,25)/t13-/m0/s1. The van der Waals surface area contributed by atoms with E-state index in [1.54, 1.807) is 18.5 Å². The lowest BCUT2D eigenvalue weighted by molar-refractivity contribution is 0.0928. The van der Waals surface area contributed by atoms with Crippen molar-refractivity contribution >= 4 is 5.91 Å². The number of amides is 1. The van der Waals surface area contributed by atoms with Gasteiger partial charge in [0.15, 0.2) is 0 Å². The summed E-state index contributed by atoms with van der Waals surface area (Å²) < 4.78 is 1.91. The van der Waals surface area contributed by atoms with Gasteiger partial charge in [0.05, 0.1) is 6.54 Å². The number of aromatic amines is 1. The molecular weight excluding hydrogens is 320 g/mol. The lowest BCUT2D eigenvalue weighted by Gasteiger charge is -2.32. The highest BCUT2D eigenvalue weighted by Crippen LogP contribution is 2.17. The molecule has 0 bridgehead atoms. The van der Waals surface area contributed by atoms with Crippen molar-refractivity contribution in [2.45, 2.75) is 32.9 Å². The number of aromatic nitrogens is 4. The molecule has 0 aliphatic carbocycles. The second-order valence-corrected chi connectivity index (χ2v) is 6.36. The van der Waals surface area contributed by atoms with Gasteiger partial charge in [-0.05, 0) is 44.4 Å². The molecule has 2 N–H and O–H groups in total. The summed E-state index contributed by atoms with van der Waals surface area (Å²) in [5, 5.41) is 7.10. The average molecular weight is 344 g/mol. The molecule has 3 rings (SSSR count). The predicted octanol–water partition coefficient (Wildman–Crippen LogP) is 0.628. The fourth-order valence-electron chi connectivity index (χ4n) is 3.27. The number of nitrogens with one attached hydrogen (secondary N) is 2. The second-order valence-electron chi connectivity index (χ2n) is 6.36. The van der Waals surface area contributed by atoms with Crippen molar-refractivity contribution in [3.8, 4) is 0 Å². The lowest BCUT2D eigenvalue weighted by Crippen LogP contribution is -2.41. The minimum Gasteiger partial charge on any atom is -0.352 e. The van der Waals surface area contributed by atoms with E-state index in [-0.39, 0.29) is 17.0 Å². The summed E-state index contributed by atoms with van der Waals surface area (Å²) in [6, 6.07) is 3.20. The van der Waals surface area contributed by atoms with Crippen molar-refractivity contribution in [3.05, 3.63) is 46.4 Å². The normalized spacial score (nSPS) is 18.2. The summed E-state index contributed by atoms with van der Waals surface area (Å²) in [6.07, 6.45) is 5.28. The van der Waals surface area contributed by atoms with Crippen molar-refractivity contribution in [2.24, 2.45) is 5.92 Å². The summed E-state index contributed by atoms with van der Waals surface area (Å²) in [6.45, 7) is 6.15. The van der Waals surface area contributed by atoms with Crippen LogP contribution < -0.4 is 10.9 Å². The largest absolute Gasteiger partial charge is 0.352 e. The maximum Gasteiger partial charge on any atom is 0.260 e. The van der Waals surface area contributed by atoms with Crippen LogP contribution in [0, 0.1) is 5.92 Å². The van der Waals surface area contributed by atoms with Crippen LogP contribution >= 0.6 is 0 Å². The minimum absolute atomic E-state index is 0.159. The highest BCUT2D eigenvalue weighted by molar-refractivity contribution is 5.93. The molecule has 1 aliphatic rings. The number of pyridine rings is 1. The fourth-order valence-corrected chi connectivity index (χ4v) is 3.27. The highest BCUT2D eigenvalue weighted by Gasteiger charge is 2.22. The molecule has 8 nitrogen and oxygen atoms in total. The molecule has 25 heavy (non-hydrogen) atoms. The molecule has 1 saturated heterocycles. The van der Waals surface area contributed by atoms with Crippen LogP contribution in [0.5, 0.6) is 0 Å². The first-order valence-corrected chi connectivity index (χ1v) is 8.72. The predicted molar refractivity (Wildman–Crippen MR) is 93.1 cm³/mol. The van der Waals surface area contributed by atoms with E-state index in [4.69, 9.17) is 0 Å². The number of hydrogen-bond donors (Lipinski definition) is 2. The number of carbonyl (C=O) groups is 1. The van der Waals surface area contributed by atoms with E-state index in [1.807, 2.05) is 4.68 Å². The Kier molecular flexibility index (Phi) is 5.60. The third-order valence-electron chi connectivity index (χ3n) is 4.58. The molecule has 2 aromatic rings. The van der Waals surface area contributed by atoms with Crippen molar-refractivity contribution in [3.63, 3.8) is 0 Å². The van der Waals surface area contributed by atoms with Crippen LogP contribution in [-0.2, 0) is 13.1 Å². The zero-order chi connectivity index (χ0) is 17.6. The van der Waals surface area contributed by atoms with Gasteiger partial charge in [-0.15, -0.1) is 0 Å². The Labute approximate surface area is 146 Å².